The van der Waals surface area contributed by atoms with Gasteiger partial charge in [-0.05, 0) is 32.3 Å². The molecule has 0 saturated carbocycles. The SMILES string of the molecule is C=C(C)CC/C=C(\C)CCOC(=O)Cc1ccccc1. The molecule has 108 valence electrons. The predicted octanol–water partition coefficient (Wildman–Crippen LogP) is 4.47. The van der Waals surface area contributed by atoms with E-state index in [4.69, 9.17) is 4.74 Å². The van der Waals surface area contributed by atoms with Crippen LogP contribution < -0.4 is 0 Å². The number of carbonyl (C=O) groups excluding carboxylic acids is 1. The molecule has 0 aromatic heterocycles. The number of hydrogen-bond acceptors (Lipinski definition) is 2. The number of rotatable bonds is 8. The summed E-state index contributed by atoms with van der Waals surface area (Å²) in [5.41, 5.74) is 3.45. The fourth-order valence-corrected chi connectivity index (χ4v) is 1.81. The first-order chi connectivity index (χ1) is 9.58. The second kappa shape index (κ2) is 9.13. The first-order valence-corrected chi connectivity index (χ1v) is 7.07. The van der Waals surface area contributed by atoms with Crippen molar-refractivity contribution >= 4 is 5.97 Å². The Bertz CT molecular complexity index is 458. The minimum atomic E-state index is -0.161. The topological polar surface area (TPSA) is 26.3 Å². The molecule has 0 heterocycles. The minimum Gasteiger partial charge on any atom is -0.465 e. The van der Waals surface area contributed by atoms with Crippen LogP contribution in [-0.4, -0.2) is 12.6 Å². The maximum atomic E-state index is 11.6. The maximum absolute atomic E-state index is 11.6. The van der Waals surface area contributed by atoms with Gasteiger partial charge in [0.15, 0.2) is 0 Å². The van der Waals surface area contributed by atoms with E-state index in [9.17, 15) is 4.79 Å². The monoisotopic (exact) mass is 272 g/mol. The second-order valence-corrected chi connectivity index (χ2v) is 5.18. The molecule has 0 spiro atoms. The van der Waals surface area contributed by atoms with Gasteiger partial charge in [-0.1, -0.05) is 47.6 Å². The Morgan fingerprint density at radius 1 is 1.20 bits per heavy atom. The summed E-state index contributed by atoms with van der Waals surface area (Å²) in [7, 11) is 0. The highest BCUT2D eigenvalue weighted by molar-refractivity contribution is 5.72. The molecule has 0 N–H and O–H groups in total. The van der Waals surface area contributed by atoms with Gasteiger partial charge in [0, 0.05) is 6.42 Å². The molecule has 0 aliphatic heterocycles. The largest absolute Gasteiger partial charge is 0.465 e. The van der Waals surface area contributed by atoms with E-state index < -0.39 is 0 Å². The summed E-state index contributed by atoms with van der Waals surface area (Å²) in [4.78, 5) is 11.6. The van der Waals surface area contributed by atoms with Crippen LogP contribution in [0.1, 0.15) is 38.7 Å². The van der Waals surface area contributed by atoms with Crippen LogP contribution in [0.2, 0.25) is 0 Å². The van der Waals surface area contributed by atoms with Crippen LogP contribution in [0.4, 0.5) is 0 Å². The van der Waals surface area contributed by atoms with Gasteiger partial charge < -0.3 is 4.74 Å². The molecule has 0 aliphatic rings. The van der Waals surface area contributed by atoms with Crippen molar-refractivity contribution in [2.75, 3.05) is 6.61 Å². The summed E-state index contributed by atoms with van der Waals surface area (Å²) in [6.45, 7) is 8.45. The normalized spacial score (nSPS) is 11.2. The third-order valence-corrected chi connectivity index (χ3v) is 3.01. The molecule has 0 bridgehead atoms. The fourth-order valence-electron chi connectivity index (χ4n) is 1.81. The molecule has 0 aliphatic carbocycles. The van der Waals surface area contributed by atoms with Gasteiger partial charge >= 0.3 is 5.97 Å². The van der Waals surface area contributed by atoms with Gasteiger partial charge in [0.25, 0.3) is 0 Å². The standard InChI is InChI=1S/C18H24O2/c1-15(2)8-7-9-16(3)12-13-20-18(19)14-17-10-5-4-6-11-17/h4-6,9-11H,1,7-8,12-14H2,2-3H3/b16-9+. The van der Waals surface area contributed by atoms with E-state index in [-0.39, 0.29) is 5.97 Å². The average Bonchev–Trinajstić information content (AvgIpc) is 2.39. The molecular formula is C18H24O2. The van der Waals surface area contributed by atoms with Crippen molar-refractivity contribution in [1.82, 2.24) is 0 Å². The highest BCUT2D eigenvalue weighted by Crippen LogP contribution is 2.08. The molecular weight excluding hydrogens is 248 g/mol. The van der Waals surface area contributed by atoms with Gasteiger partial charge in [0.2, 0.25) is 0 Å². The number of allylic oxidation sites excluding steroid dienone is 2. The molecule has 2 nitrogen and oxygen atoms in total. The number of hydrogen-bond donors (Lipinski definition) is 0. The van der Waals surface area contributed by atoms with Gasteiger partial charge in [0.1, 0.15) is 0 Å². The number of carbonyl (C=O) groups is 1. The molecule has 0 atom stereocenters. The summed E-state index contributed by atoms with van der Waals surface area (Å²) in [5, 5.41) is 0. The zero-order valence-corrected chi connectivity index (χ0v) is 12.5. The predicted molar refractivity (Wildman–Crippen MR) is 83.5 cm³/mol. The van der Waals surface area contributed by atoms with Crippen molar-refractivity contribution in [3.8, 4) is 0 Å². The molecule has 0 amide bonds. The summed E-state index contributed by atoms with van der Waals surface area (Å²) in [5.74, 6) is -0.161. The number of ether oxygens (including phenoxy) is 1. The average molecular weight is 272 g/mol. The van der Waals surface area contributed by atoms with E-state index in [1.165, 1.54) is 11.1 Å². The highest BCUT2D eigenvalue weighted by Gasteiger charge is 2.04. The van der Waals surface area contributed by atoms with E-state index in [0.29, 0.717) is 13.0 Å². The number of esters is 1. The smallest absolute Gasteiger partial charge is 0.310 e. The van der Waals surface area contributed by atoms with Crippen LogP contribution in [0.5, 0.6) is 0 Å². The van der Waals surface area contributed by atoms with Gasteiger partial charge in [0.05, 0.1) is 13.0 Å². The third-order valence-electron chi connectivity index (χ3n) is 3.01. The summed E-state index contributed by atoms with van der Waals surface area (Å²) in [6, 6.07) is 9.66. The van der Waals surface area contributed by atoms with Gasteiger partial charge in [-0.3, -0.25) is 4.79 Å². The van der Waals surface area contributed by atoms with E-state index in [1.807, 2.05) is 37.3 Å². The van der Waals surface area contributed by atoms with Crippen LogP contribution in [0.3, 0.4) is 0 Å². The van der Waals surface area contributed by atoms with Crippen molar-refractivity contribution < 1.29 is 9.53 Å². The molecule has 1 aromatic carbocycles. The molecule has 0 unspecified atom stereocenters. The van der Waals surface area contributed by atoms with Crippen molar-refractivity contribution in [3.63, 3.8) is 0 Å². The van der Waals surface area contributed by atoms with E-state index in [0.717, 1.165) is 24.8 Å². The van der Waals surface area contributed by atoms with Crippen molar-refractivity contribution in [2.45, 2.75) is 39.5 Å². The van der Waals surface area contributed by atoms with Gasteiger partial charge in [-0.25, -0.2) is 0 Å². The second-order valence-electron chi connectivity index (χ2n) is 5.18. The lowest BCUT2D eigenvalue weighted by atomic mass is 10.1. The lowest BCUT2D eigenvalue weighted by Crippen LogP contribution is -2.09. The lowest BCUT2D eigenvalue weighted by molar-refractivity contribution is -0.142. The van der Waals surface area contributed by atoms with Crippen molar-refractivity contribution in [3.05, 3.63) is 59.7 Å². The molecule has 2 heteroatoms. The molecule has 0 radical (unpaired) electrons. The highest BCUT2D eigenvalue weighted by atomic mass is 16.5. The fraction of sp³-hybridized carbons (Fsp3) is 0.389. The molecule has 0 fully saturated rings. The molecule has 1 aromatic rings. The Kier molecular flexibility index (Phi) is 7.41. The van der Waals surface area contributed by atoms with Crippen LogP contribution in [0, 0.1) is 0 Å². The van der Waals surface area contributed by atoms with E-state index >= 15 is 0 Å². The first-order valence-electron chi connectivity index (χ1n) is 7.07. The third kappa shape index (κ3) is 7.57. The van der Waals surface area contributed by atoms with Crippen LogP contribution in [-0.2, 0) is 16.0 Å². The molecule has 20 heavy (non-hydrogen) atoms. The first kappa shape index (κ1) is 16.2. The van der Waals surface area contributed by atoms with Crippen molar-refractivity contribution in [2.24, 2.45) is 0 Å². The Morgan fingerprint density at radius 2 is 1.90 bits per heavy atom. The Hall–Kier alpha value is -1.83. The molecule has 1 rings (SSSR count). The molecule has 0 saturated heterocycles. The summed E-state index contributed by atoms with van der Waals surface area (Å²) < 4.78 is 5.25. The quantitative estimate of drug-likeness (QED) is 0.515. The van der Waals surface area contributed by atoms with E-state index in [2.05, 4.69) is 19.6 Å². The zero-order chi connectivity index (χ0) is 14.8. The van der Waals surface area contributed by atoms with Crippen LogP contribution in [0.25, 0.3) is 0 Å². The maximum Gasteiger partial charge on any atom is 0.310 e. The number of benzene rings is 1. The van der Waals surface area contributed by atoms with Gasteiger partial charge in [-0.2, -0.15) is 0 Å². The minimum absolute atomic E-state index is 0.161. The van der Waals surface area contributed by atoms with Crippen LogP contribution in [0.15, 0.2) is 54.1 Å². The Labute approximate surface area is 122 Å². The lowest BCUT2D eigenvalue weighted by Gasteiger charge is -2.05. The van der Waals surface area contributed by atoms with E-state index in [1.54, 1.807) is 0 Å². The Balaban J connectivity index is 2.20. The summed E-state index contributed by atoms with van der Waals surface area (Å²) in [6.07, 6.45) is 5.37. The van der Waals surface area contributed by atoms with Crippen LogP contribution >= 0.6 is 0 Å². The van der Waals surface area contributed by atoms with Gasteiger partial charge in [-0.15, -0.1) is 6.58 Å². The zero-order valence-electron chi connectivity index (χ0n) is 12.5. The van der Waals surface area contributed by atoms with Crippen molar-refractivity contribution in [1.29, 1.82) is 0 Å². The summed E-state index contributed by atoms with van der Waals surface area (Å²) >= 11 is 0. The Morgan fingerprint density at radius 3 is 2.55 bits per heavy atom.